The lowest BCUT2D eigenvalue weighted by molar-refractivity contribution is 0.238. The number of unbranched alkanes of at least 4 members (excludes halogenated alkanes) is 4. The molecule has 19 heavy (non-hydrogen) atoms. The molecule has 2 nitrogen and oxygen atoms in total. The van der Waals surface area contributed by atoms with Crippen LogP contribution in [0.25, 0.3) is 0 Å². The first-order chi connectivity index (χ1) is 9.06. The molecule has 0 bridgehead atoms. The van der Waals surface area contributed by atoms with Crippen molar-refractivity contribution in [1.29, 1.82) is 0 Å². The molecule has 0 aromatic heterocycles. The number of rotatable bonds is 13. The summed E-state index contributed by atoms with van der Waals surface area (Å²) in [7, 11) is 0. The molecule has 2 heteroatoms. The van der Waals surface area contributed by atoms with Crippen molar-refractivity contribution in [3.05, 3.63) is 0 Å². The molecule has 0 radical (unpaired) electrons. The van der Waals surface area contributed by atoms with Crippen LogP contribution in [-0.2, 0) is 0 Å². The van der Waals surface area contributed by atoms with Gasteiger partial charge in [-0.3, -0.25) is 0 Å². The zero-order chi connectivity index (χ0) is 14.5. The number of nitrogens with zero attached hydrogens (tertiary/aromatic N) is 1. The summed E-state index contributed by atoms with van der Waals surface area (Å²) in [5.41, 5.74) is 5.52. The highest BCUT2D eigenvalue weighted by Crippen LogP contribution is 2.09. The summed E-state index contributed by atoms with van der Waals surface area (Å²) < 4.78 is 0. The van der Waals surface area contributed by atoms with Gasteiger partial charge in [0.15, 0.2) is 0 Å². The standard InChI is InChI=1S/C17H38N2/c1-16(2)10-14-19(15-11-17(3)4)13-9-7-5-6-8-12-18/h16-17H,5-15,18H2,1-4H3. The average Bonchev–Trinajstić information content (AvgIpc) is 2.35. The Bertz CT molecular complexity index is 166. The van der Waals surface area contributed by atoms with Crippen molar-refractivity contribution in [3.8, 4) is 0 Å². The Labute approximate surface area is 122 Å². The smallest absolute Gasteiger partial charge is 0.00163 e. The third-order valence-corrected chi connectivity index (χ3v) is 3.72. The van der Waals surface area contributed by atoms with E-state index in [1.807, 2.05) is 0 Å². The summed E-state index contributed by atoms with van der Waals surface area (Å²) in [5.74, 6) is 1.65. The summed E-state index contributed by atoms with van der Waals surface area (Å²) in [5, 5.41) is 0. The summed E-state index contributed by atoms with van der Waals surface area (Å²) in [4.78, 5) is 2.68. The Morgan fingerprint density at radius 3 is 1.63 bits per heavy atom. The monoisotopic (exact) mass is 270 g/mol. The van der Waals surface area contributed by atoms with Crippen LogP contribution in [0.2, 0.25) is 0 Å². The van der Waals surface area contributed by atoms with Crippen molar-refractivity contribution in [2.75, 3.05) is 26.2 Å². The van der Waals surface area contributed by atoms with Gasteiger partial charge in [0, 0.05) is 0 Å². The number of nitrogens with two attached hydrogens (primary N) is 1. The minimum absolute atomic E-state index is 0.825. The molecule has 0 heterocycles. The largest absolute Gasteiger partial charge is 0.330 e. The van der Waals surface area contributed by atoms with Crippen LogP contribution in [0, 0.1) is 11.8 Å². The van der Waals surface area contributed by atoms with Crippen molar-refractivity contribution in [2.24, 2.45) is 17.6 Å². The summed E-state index contributed by atoms with van der Waals surface area (Å²) >= 11 is 0. The molecule has 0 saturated carbocycles. The van der Waals surface area contributed by atoms with Gasteiger partial charge in [0.05, 0.1) is 0 Å². The van der Waals surface area contributed by atoms with Crippen LogP contribution in [-0.4, -0.2) is 31.1 Å². The van der Waals surface area contributed by atoms with Gasteiger partial charge in [-0.2, -0.15) is 0 Å². The van der Waals surface area contributed by atoms with E-state index >= 15 is 0 Å². The van der Waals surface area contributed by atoms with Crippen molar-refractivity contribution >= 4 is 0 Å². The maximum absolute atomic E-state index is 5.52. The summed E-state index contributed by atoms with van der Waals surface area (Å²) in [6.45, 7) is 14.0. The molecule has 0 spiro atoms. The second-order valence-corrected chi connectivity index (χ2v) is 6.76. The second-order valence-electron chi connectivity index (χ2n) is 6.76. The van der Waals surface area contributed by atoms with Crippen LogP contribution in [0.15, 0.2) is 0 Å². The molecule has 116 valence electrons. The minimum atomic E-state index is 0.825. The zero-order valence-corrected chi connectivity index (χ0v) is 14.0. The van der Waals surface area contributed by atoms with Gasteiger partial charge in [0.2, 0.25) is 0 Å². The van der Waals surface area contributed by atoms with Gasteiger partial charge in [-0.15, -0.1) is 0 Å². The molecule has 0 fully saturated rings. The zero-order valence-electron chi connectivity index (χ0n) is 14.0. The Morgan fingerprint density at radius 1 is 0.684 bits per heavy atom. The average molecular weight is 271 g/mol. The fourth-order valence-corrected chi connectivity index (χ4v) is 2.23. The van der Waals surface area contributed by atoms with E-state index in [-0.39, 0.29) is 0 Å². The lowest BCUT2D eigenvalue weighted by atomic mass is 10.1. The van der Waals surface area contributed by atoms with Crippen molar-refractivity contribution in [1.82, 2.24) is 4.90 Å². The molecule has 0 aliphatic rings. The molecular weight excluding hydrogens is 232 g/mol. The van der Waals surface area contributed by atoms with Crippen LogP contribution in [0.5, 0.6) is 0 Å². The van der Waals surface area contributed by atoms with Crippen LogP contribution < -0.4 is 5.73 Å². The van der Waals surface area contributed by atoms with Gasteiger partial charge in [-0.1, -0.05) is 47.0 Å². The predicted octanol–water partition coefficient (Wildman–Crippen LogP) is 4.29. The predicted molar refractivity (Wildman–Crippen MR) is 87.5 cm³/mol. The van der Waals surface area contributed by atoms with Gasteiger partial charge in [-0.05, 0) is 63.7 Å². The van der Waals surface area contributed by atoms with E-state index in [4.69, 9.17) is 5.73 Å². The number of hydrogen-bond donors (Lipinski definition) is 1. The SMILES string of the molecule is CC(C)CCN(CCCCCCCN)CCC(C)C. The molecule has 0 aliphatic carbocycles. The summed E-state index contributed by atoms with van der Waals surface area (Å²) in [6.07, 6.45) is 9.29. The fourth-order valence-electron chi connectivity index (χ4n) is 2.23. The van der Waals surface area contributed by atoms with Gasteiger partial charge in [0.1, 0.15) is 0 Å². The molecular formula is C17H38N2. The Kier molecular flexibility index (Phi) is 12.9. The molecule has 0 unspecified atom stereocenters. The maximum atomic E-state index is 5.52. The highest BCUT2D eigenvalue weighted by molar-refractivity contribution is 4.61. The first kappa shape index (κ1) is 18.9. The fraction of sp³-hybridized carbons (Fsp3) is 1.00. The molecule has 0 aliphatic heterocycles. The molecule has 0 atom stereocenters. The Balaban J connectivity index is 3.71. The maximum Gasteiger partial charge on any atom is -0.00163 e. The Hall–Kier alpha value is -0.0800. The van der Waals surface area contributed by atoms with Gasteiger partial charge in [-0.25, -0.2) is 0 Å². The first-order valence-electron chi connectivity index (χ1n) is 8.48. The highest BCUT2D eigenvalue weighted by atomic mass is 15.1. The van der Waals surface area contributed by atoms with E-state index in [1.54, 1.807) is 0 Å². The van der Waals surface area contributed by atoms with E-state index in [2.05, 4.69) is 32.6 Å². The number of hydrogen-bond acceptors (Lipinski definition) is 2. The van der Waals surface area contributed by atoms with E-state index < -0.39 is 0 Å². The lowest BCUT2D eigenvalue weighted by Crippen LogP contribution is -2.28. The van der Waals surface area contributed by atoms with Crippen LogP contribution in [0.1, 0.15) is 72.6 Å². The van der Waals surface area contributed by atoms with Crippen LogP contribution in [0.3, 0.4) is 0 Å². The van der Waals surface area contributed by atoms with Gasteiger partial charge < -0.3 is 10.6 Å². The highest BCUT2D eigenvalue weighted by Gasteiger charge is 2.07. The minimum Gasteiger partial charge on any atom is -0.330 e. The summed E-state index contributed by atoms with van der Waals surface area (Å²) in [6, 6.07) is 0. The normalized spacial score (nSPS) is 12.0. The molecule has 0 rings (SSSR count). The van der Waals surface area contributed by atoms with E-state index in [0.29, 0.717) is 0 Å². The first-order valence-corrected chi connectivity index (χ1v) is 8.48. The van der Waals surface area contributed by atoms with Crippen molar-refractivity contribution in [2.45, 2.75) is 72.6 Å². The third-order valence-electron chi connectivity index (χ3n) is 3.72. The van der Waals surface area contributed by atoms with E-state index in [1.165, 1.54) is 64.6 Å². The molecule has 0 saturated heterocycles. The quantitative estimate of drug-likeness (QED) is 0.506. The second kappa shape index (κ2) is 12.9. The van der Waals surface area contributed by atoms with Gasteiger partial charge in [0.25, 0.3) is 0 Å². The molecule has 0 aromatic rings. The van der Waals surface area contributed by atoms with Crippen LogP contribution >= 0.6 is 0 Å². The van der Waals surface area contributed by atoms with Crippen LogP contribution in [0.4, 0.5) is 0 Å². The Morgan fingerprint density at radius 2 is 1.16 bits per heavy atom. The van der Waals surface area contributed by atoms with Crippen molar-refractivity contribution < 1.29 is 0 Å². The third kappa shape index (κ3) is 14.1. The van der Waals surface area contributed by atoms with Crippen molar-refractivity contribution in [3.63, 3.8) is 0 Å². The van der Waals surface area contributed by atoms with E-state index in [0.717, 1.165) is 18.4 Å². The topological polar surface area (TPSA) is 29.3 Å². The molecule has 2 N–H and O–H groups in total. The lowest BCUT2D eigenvalue weighted by Gasteiger charge is -2.24. The molecule has 0 aromatic carbocycles. The van der Waals surface area contributed by atoms with Gasteiger partial charge >= 0.3 is 0 Å². The molecule has 0 amide bonds. The van der Waals surface area contributed by atoms with E-state index in [9.17, 15) is 0 Å².